The maximum Gasteiger partial charge on any atom is 0.423 e. The van der Waals surface area contributed by atoms with E-state index in [1.807, 2.05) is 0 Å². The van der Waals surface area contributed by atoms with Crippen molar-refractivity contribution in [3.05, 3.63) is 58.1 Å². The number of amides is 1. The molecule has 2 aromatic rings. The Bertz CT molecular complexity index is 1040. The summed E-state index contributed by atoms with van der Waals surface area (Å²) in [6.07, 6.45) is -4.99. The van der Waals surface area contributed by atoms with Crippen LogP contribution in [0.3, 0.4) is 0 Å². The first-order valence-electron chi connectivity index (χ1n) is 9.01. The molecule has 0 bridgehead atoms. The Balaban J connectivity index is 0.00000265. The number of alkyl halides is 4. The van der Waals surface area contributed by atoms with Crippen LogP contribution in [-0.4, -0.2) is 47.5 Å². The lowest BCUT2D eigenvalue weighted by molar-refractivity contribution is -0.388. The van der Waals surface area contributed by atoms with Crippen LogP contribution in [0.15, 0.2) is 47.5 Å². The van der Waals surface area contributed by atoms with E-state index in [4.69, 9.17) is 0 Å². The second-order valence-corrected chi connectivity index (χ2v) is 6.97. The summed E-state index contributed by atoms with van der Waals surface area (Å²) in [6, 6.07) is 8.69. The first-order valence-corrected chi connectivity index (χ1v) is 9.42. The third kappa shape index (κ3) is 7.59. The van der Waals surface area contributed by atoms with Crippen LogP contribution in [0, 0.1) is 10.1 Å². The number of thiocarbonyl (C=S) groups is 1. The number of rotatable bonds is 7. The highest BCUT2D eigenvalue weighted by molar-refractivity contribution is 7.78. The summed E-state index contributed by atoms with van der Waals surface area (Å²) >= 11 is 4.52. The summed E-state index contributed by atoms with van der Waals surface area (Å²) in [5.41, 5.74) is -3.79. The number of carbonyl (C=O) groups excluding carboxylic acids is 1. The van der Waals surface area contributed by atoms with Crippen LogP contribution >= 0.6 is 12.2 Å². The number of nitro benzene ring substituents is 1. The molecule has 13 heteroatoms. The molecule has 0 aliphatic carbocycles. The van der Waals surface area contributed by atoms with Crippen molar-refractivity contribution in [1.29, 1.82) is 0 Å². The molecule has 0 heterocycles. The number of carbonyl (C=O) groups is 1. The Morgan fingerprint density at radius 3 is 2.30 bits per heavy atom. The van der Waals surface area contributed by atoms with Crippen molar-refractivity contribution in [2.75, 3.05) is 31.0 Å². The summed E-state index contributed by atoms with van der Waals surface area (Å²) in [7, 11) is 2.10. The molecule has 2 aromatic carbocycles. The second-order valence-electron chi connectivity index (χ2n) is 6.79. The number of anilines is 2. The van der Waals surface area contributed by atoms with Crippen molar-refractivity contribution in [2.45, 2.75) is 18.7 Å². The molecule has 0 aromatic heterocycles. The zero-order valence-electron chi connectivity index (χ0n) is 17.7. The van der Waals surface area contributed by atoms with E-state index in [2.05, 4.69) is 27.7 Å². The first-order chi connectivity index (χ1) is 15.3. The van der Waals surface area contributed by atoms with E-state index in [1.165, 1.54) is 6.92 Å². The molecule has 2 rings (SSSR count). The molecule has 0 saturated heterocycles. The smallest absolute Gasteiger partial charge is 0.378 e. The highest BCUT2D eigenvalue weighted by atomic mass is 32.1. The van der Waals surface area contributed by atoms with Gasteiger partial charge in [-0.2, -0.15) is 18.2 Å². The van der Waals surface area contributed by atoms with Gasteiger partial charge in [-0.15, -0.1) is 0 Å². The van der Waals surface area contributed by atoms with Crippen molar-refractivity contribution >= 4 is 46.0 Å². The minimum atomic E-state index is -4.99. The highest BCUT2D eigenvalue weighted by Crippen LogP contribution is 2.37. The number of hydrogen-bond donors (Lipinski definition) is 2. The predicted octanol–water partition coefficient (Wildman–Crippen LogP) is 4.76. The number of benzene rings is 2. The summed E-state index contributed by atoms with van der Waals surface area (Å²) in [5, 5.41) is 25.8. The van der Waals surface area contributed by atoms with Gasteiger partial charge in [0.05, 0.1) is 29.5 Å². The van der Waals surface area contributed by atoms with Gasteiger partial charge in [0.15, 0.2) is 5.60 Å². The SMILES string of the molecule is CF.CN(C[C@@](C)(O)C(=O)Nc1ccc([N+](=O)[O-])c(C(F)(F)F)c1)c1ccc(N=C=S)cc1. The Hall–Kier alpha value is -3.41. The van der Waals surface area contributed by atoms with Crippen molar-refractivity contribution < 1.29 is 32.4 Å². The molecule has 1 atom stereocenters. The van der Waals surface area contributed by atoms with Gasteiger partial charge in [0.25, 0.3) is 11.6 Å². The molecule has 0 fully saturated rings. The predicted molar refractivity (Wildman–Crippen MR) is 119 cm³/mol. The molecular formula is C20H20F4N4O4S. The van der Waals surface area contributed by atoms with E-state index in [1.54, 1.807) is 36.2 Å². The van der Waals surface area contributed by atoms with Gasteiger partial charge in [0.1, 0.15) is 5.56 Å². The number of hydrogen-bond acceptors (Lipinski definition) is 7. The number of halogens is 4. The van der Waals surface area contributed by atoms with Crippen LogP contribution in [0.2, 0.25) is 0 Å². The molecule has 2 N–H and O–H groups in total. The molecule has 33 heavy (non-hydrogen) atoms. The van der Waals surface area contributed by atoms with E-state index < -0.39 is 33.9 Å². The summed E-state index contributed by atoms with van der Waals surface area (Å²) in [6.45, 7) is 0.993. The molecular weight excluding hydrogens is 468 g/mol. The Morgan fingerprint density at radius 1 is 1.24 bits per heavy atom. The minimum Gasteiger partial charge on any atom is -0.378 e. The van der Waals surface area contributed by atoms with Crippen molar-refractivity contribution in [2.24, 2.45) is 4.99 Å². The molecule has 178 valence electrons. The first kappa shape index (κ1) is 27.6. The third-order valence-electron chi connectivity index (χ3n) is 4.26. The molecule has 0 spiro atoms. The average molecular weight is 488 g/mol. The molecule has 0 saturated carbocycles. The summed E-state index contributed by atoms with van der Waals surface area (Å²) in [5.74, 6) is -0.983. The maximum atomic E-state index is 13.1. The molecule has 1 amide bonds. The largest absolute Gasteiger partial charge is 0.423 e. The van der Waals surface area contributed by atoms with Gasteiger partial charge in [-0.05, 0) is 55.5 Å². The van der Waals surface area contributed by atoms with Crippen molar-refractivity contribution in [3.63, 3.8) is 0 Å². The van der Waals surface area contributed by atoms with Gasteiger partial charge in [0, 0.05) is 24.5 Å². The number of likely N-dealkylation sites (N-methyl/N-ethyl adjacent to an activating group) is 1. The van der Waals surface area contributed by atoms with E-state index in [0.29, 0.717) is 30.7 Å². The van der Waals surface area contributed by atoms with Crippen molar-refractivity contribution in [1.82, 2.24) is 0 Å². The number of nitrogens with one attached hydrogen (secondary N) is 1. The van der Waals surface area contributed by atoms with Gasteiger partial charge in [-0.1, -0.05) is 0 Å². The van der Waals surface area contributed by atoms with E-state index in [9.17, 15) is 37.6 Å². The van der Waals surface area contributed by atoms with E-state index in [0.717, 1.165) is 6.07 Å². The fraction of sp³-hybridized carbons (Fsp3) is 0.300. The maximum absolute atomic E-state index is 13.1. The number of nitrogens with zero attached hydrogens (tertiary/aromatic N) is 3. The highest BCUT2D eigenvalue weighted by Gasteiger charge is 2.39. The van der Waals surface area contributed by atoms with Crippen LogP contribution in [0.5, 0.6) is 0 Å². The van der Waals surface area contributed by atoms with Crippen molar-refractivity contribution in [3.8, 4) is 0 Å². The van der Waals surface area contributed by atoms with Gasteiger partial charge in [0.2, 0.25) is 0 Å². The number of aliphatic hydroxyl groups is 1. The van der Waals surface area contributed by atoms with E-state index >= 15 is 0 Å². The quantitative estimate of drug-likeness (QED) is 0.191. The standard InChI is InChI=1S/C19H17F3N4O4S.CH3F/c1-18(28,10-25(2)14-6-3-12(4-7-14)23-11-31)17(27)24-13-5-8-16(26(29)30)15(9-13)19(20,21)22;1-2/h3-9,28H,10H2,1-2H3,(H,24,27);1H3/t18-;/m1./s1. The normalized spacial score (nSPS) is 12.4. The molecule has 0 aliphatic rings. The van der Waals surface area contributed by atoms with Crippen LogP contribution in [0.25, 0.3) is 0 Å². The number of isothiocyanates is 1. The molecule has 0 radical (unpaired) electrons. The van der Waals surface area contributed by atoms with Gasteiger partial charge >= 0.3 is 6.18 Å². The Kier molecular flexibility index (Phi) is 9.59. The number of aliphatic imine (C=N–C) groups is 1. The molecule has 8 nitrogen and oxygen atoms in total. The third-order valence-corrected chi connectivity index (χ3v) is 4.35. The Morgan fingerprint density at radius 2 is 1.82 bits per heavy atom. The Labute approximate surface area is 191 Å². The second kappa shape index (κ2) is 11.5. The van der Waals surface area contributed by atoms with Gasteiger partial charge in [-0.3, -0.25) is 19.3 Å². The topological polar surface area (TPSA) is 108 Å². The van der Waals surface area contributed by atoms with Crippen LogP contribution < -0.4 is 10.2 Å². The van der Waals surface area contributed by atoms with Gasteiger partial charge < -0.3 is 15.3 Å². The number of nitro groups is 1. The fourth-order valence-electron chi connectivity index (χ4n) is 2.73. The summed E-state index contributed by atoms with van der Waals surface area (Å²) in [4.78, 5) is 27.5. The van der Waals surface area contributed by atoms with Crippen LogP contribution in [0.1, 0.15) is 12.5 Å². The average Bonchev–Trinajstić information content (AvgIpc) is 2.74. The lowest BCUT2D eigenvalue weighted by Gasteiger charge is -2.29. The molecule has 0 aliphatic heterocycles. The zero-order valence-corrected chi connectivity index (χ0v) is 18.5. The zero-order chi connectivity index (χ0) is 25.4. The van der Waals surface area contributed by atoms with Crippen LogP contribution in [0.4, 0.5) is 40.3 Å². The fourth-order valence-corrected chi connectivity index (χ4v) is 2.83. The van der Waals surface area contributed by atoms with Gasteiger partial charge in [-0.25, -0.2) is 0 Å². The monoisotopic (exact) mass is 488 g/mol. The molecule has 0 unspecified atom stereocenters. The van der Waals surface area contributed by atoms with Crippen LogP contribution in [-0.2, 0) is 11.0 Å². The lowest BCUT2D eigenvalue weighted by atomic mass is 10.0. The summed E-state index contributed by atoms with van der Waals surface area (Å²) < 4.78 is 48.8. The minimum absolute atomic E-state index is 0.201. The van der Waals surface area contributed by atoms with E-state index in [-0.39, 0.29) is 12.2 Å². The lowest BCUT2D eigenvalue weighted by Crippen LogP contribution is -2.48.